The van der Waals surface area contributed by atoms with E-state index < -0.39 is 0 Å². The van der Waals surface area contributed by atoms with Crippen LogP contribution in [-0.4, -0.2) is 37.0 Å². The van der Waals surface area contributed by atoms with Gasteiger partial charge in [-0.05, 0) is 19.3 Å². The van der Waals surface area contributed by atoms with E-state index in [-0.39, 0.29) is 23.7 Å². The van der Waals surface area contributed by atoms with E-state index in [4.69, 9.17) is 4.74 Å². The molecular formula is C18H33NO3. The quantitative estimate of drug-likeness (QED) is 0.481. The zero-order chi connectivity index (χ0) is 16.4. The van der Waals surface area contributed by atoms with Crippen molar-refractivity contribution in [2.24, 2.45) is 11.8 Å². The number of esters is 1. The summed E-state index contributed by atoms with van der Waals surface area (Å²) >= 11 is 0. The second-order valence-electron chi connectivity index (χ2n) is 6.60. The minimum Gasteiger partial charge on any atom is -0.469 e. The first-order valence-electron chi connectivity index (χ1n) is 8.96. The van der Waals surface area contributed by atoms with Crippen molar-refractivity contribution in [1.29, 1.82) is 0 Å². The van der Waals surface area contributed by atoms with Crippen molar-refractivity contribution in [1.82, 2.24) is 4.90 Å². The molecule has 128 valence electrons. The molecule has 0 spiro atoms. The average Bonchev–Trinajstić information content (AvgIpc) is 2.56. The first-order valence-corrected chi connectivity index (χ1v) is 8.96. The first kappa shape index (κ1) is 19.0. The summed E-state index contributed by atoms with van der Waals surface area (Å²) in [5.41, 5.74) is 0. The molecule has 0 radical (unpaired) electrons. The molecule has 1 aliphatic carbocycles. The number of carbonyl (C=O) groups is 2. The standard InChI is InChI=1S/C18H33NO3/c1-4-5-6-10-13-19(14-15(2)18(21)22-3)17(20)16-11-8-7-9-12-16/h15-16H,4-14H2,1-3H3. The molecule has 1 saturated carbocycles. The third-order valence-corrected chi connectivity index (χ3v) is 4.65. The number of methoxy groups -OCH3 is 1. The summed E-state index contributed by atoms with van der Waals surface area (Å²) < 4.78 is 4.80. The van der Waals surface area contributed by atoms with Crippen LogP contribution in [0.4, 0.5) is 0 Å². The second kappa shape index (κ2) is 10.6. The SMILES string of the molecule is CCCCCCN(CC(C)C(=O)OC)C(=O)C1CCCCC1. The van der Waals surface area contributed by atoms with Crippen molar-refractivity contribution in [3.8, 4) is 0 Å². The van der Waals surface area contributed by atoms with E-state index in [2.05, 4.69) is 6.92 Å². The lowest BCUT2D eigenvalue weighted by Gasteiger charge is -2.30. The fraction of sp³-hybridized carbons (Fsp3) is 0.889. The molecule has 1 rings (SSSR count). The van der Waals surface area contributed by atoms with Crippen LogP contribution < -0.4 is 0 Å². The van der Waals surface area contributed by atoms with Gasteiger partial charge in [0.05, 0.1) is 13.0 Å². The van der Waals surface area contributed by atoms with E-state index in [1.165, 1.54) is 26.4 Å². The van der Waals surface area contributed by atoms with Crippen molar-refractivity contribution < 1.29 is 14.3 Å². The minimum atomic E-state index is -0.247. The molecule has 4 heteroatoms. The molecule has 4 nitrogen and oxygen atoms in total. The van der Waals surface area contributed by atoms with Gasteiger partial charge in [-0.2, -0.15) is 0 Å². The van der Waals surface area contributed by atoms with Gasteiger partial charge in [-0.15, -0.1) is 0 Å². The molecule has 22 heavy (non-hydrogen) atoms. The molecule has 1 fully saturated rings. The highest BCUT2D eigenvalue weighted by Crippen LogP contribution is 2.26. The molecule has 1 atom stereocenters. The van der Waals surface area contributed by atoms with Crippen molar-refractivity contribution >= 4 is 11.9 Å². The Bertz CT molecular complexity index is 337. The Kier molecular flexibility index (Phi) is 9.17. The summed E-state index contributed by atoms with van der Waals surface area (Å²) in [6, 6.07) is 0. The molecule has 0 N–H and O–H groups in total. The molecule has 0 bridgehead atoms. The molecule has 1 aliphatic rings. The number of rotatable bonds is 9. The predicted molar refractivity (Wildman–Crippen MR) is 88.5 cm³/mol. The number of hydrogen-bond donors (Lipinski definition) is 0. The molecule has 1 amide bonds. The van der Waals surface area contributed by atoms with Gasteiger partial charge < -0.3 is 9.64 Å². The summed E-state index contributed by atoms with van der Waals surface area (Å²) in [6.45, 7) is 5.30. The Hall–Kier alpha value is -1.06. The van der Waals surface area contributed by atoms with Crippen LogP contribution in [0, 0.1) is 11.8 Å². The molecule has 0 aromatic heterocycles. The molecule has 1 unspecified atom stereocenters. The highest BCUT2D eigenvalue weighted by molar-refractivity contribution is 5.80. The molecule has 0 aliphatic heterocycles. The Balaban J connectivity index is 2.58. The molecular weight excluding hydrogens is 278 g/mol. The fourth-order valence-corrected chi connectivity index (χ4v) is 3.23. The van der Waals surface area contributed by atoms with E-state index in [1.54, 1.807) is 0 Å². The van der Waals surface area contributed by atoms with Crippen LogP contribution in [-0.2, 0) is 14.3 Å². The van der Waals surface area contributed by atoms with Crippen LogP contribution in [0.25, 0.3) is 0 Å². The number of nitrogens with zero attached hydrogens (tertiary/aromatic N) is 1. The Morgan fingerprint density at radius 3 is 2.41 bits per heavy atom. The Morgan fingerprint density at radius 2 is 1.82 bits per heavy atom. The van der Waals surface area contributed by atoms with Crippen LogP contribution in [0.3, 0.4) is 0 Å². The van der Waals surface area contributed by atoms with Crippen molar-refractivity contribution in [3.63, 3.8) is 0 Å². The van der Waals surface area contributed by atoms with Gasteiger partial charge in [-0.1, -0.05) is 52.4 Å². The maximum atomic E-state index is 12.8. The number of ether oxygens (including phenoxy) is 1. The fourth-order valence-electron chi connectivity index (χ4n) is 3.23. The van der Waals surface area contributed by atoms with E-state index in [0.717, 1.165) is 45.1 Å². The average molecular weight is 311 g/mol. The summed E-state index contributed by atoms with van der Waals surface area (Å²) in [5.74, 6) is -0.0459. The normalized spacial score (nSPS) is 17.0. The smallest absolute Gasteiger partial charge is 0.310 e. The highest BCUT2D eigenvalue weighted by Gasteiger charge is 2.28. The van der Waals surface area contributed by atoms with Crippen LogP contribution in [0.15, 0.2) is 0 Å². The van der Waals surface area contributed by atoms with Gasteiger partial charge >= 0.3 is 5.97 Å². The van der Waals surface area contributed by atoms with Gasteiger partial charge in [-0.3, -0.25) is 9.59 Å². The number of hydrogen-bond acceptors (Lipinski definition) is 3. The summed E-state index contributed by atoms with van der Waals surface area (Å²) in [4.78, 5) is 26.4. The van der Waals surface area contributed by atoms with Gasteiger partial charge in [0.1, 0.15) is 0 Å². The summed E-state index contributed by atoms with van der Waals surface area (Å²) in [5, 5.41) is 0. The third kappa shape index (κ3) is 6.37. The van der Waals surface area contributed by atoms with Crippen molar-refractivity contribution in [2.45, 2.75) is 71.6 Å². The topological polar surface area (TPSA) is 46.6 Å². The minimum absolute atomic E-state index is 0.171. The van der Waals surface area contributed by atoms with Gasteiger partial charge in [0, 0.05) is 19.0 Å². The number of carbonyl (C=O) groups excluding carboxylic acids is 2. The van der Waals surface area contributed by atoms with Crippen LogP contribution in [0.2, 0.25) is 0 Å². The number of amides is 1. The summed E-state index contributed by atoms with van der Waals surface area (Å²) in [6.07, 6.45) is 10.2. The predicted octanol–water partition coefficient (Wildman–Crippen LogP) is 3.78. The van der Waals surface area contributed by atoms with Gasteiger partial charge in [0.15, 0.2) is 0 Å². The van der Waals surface area contributed by atoms with Crippen LogP contribution in [0.5, 0.6) is 0 Å². The zero-order valence-electron chi connectivity index (χ0n) is 14.6. The van der Waals surface area contributed by atoms with Gasteiger partial charge in [0.2, 0.25) is 5.91 Å². The first-order chi connectivity index (χ1) is 10.6. The second-order valence-corrected chi connectivity index (χ2v) is 6.60. The van der Waals surface area contributed by atoms with Crippen LogP contribution in [0.1, 0.15) is 71.6 Å². The zero-order valence-corrected chi connectivity index (χ0v) is 14.6. The largest absolute Gasteiger partial charge is 0.469 e. The Labute approximate surface area is 135 Å². The molecule has 0 aromatic carbocycles. The van der Waals surface area contributed by atoms with Gasteiger partial charge in [0.25, 0.3) is 0 Å². The van der Waals surface area contributed by atoms with E-state index in [1.807, 2.05) is 11.8 Å². The highest BCUT2D eigenvalue weighted by atomic mass is 16.5. The molecule has 0 aromatic rings. The van der Waals surface area contributed by atoms with E-state index in [0.29, 0.717) is 6.54 Å². The third-order valence-electron chi connectivity index (χ3n) is 4.65. The Morgan fingerprint density at radius 1 is 1.14 bits per heavy atom. The van der Waals surface area contributed by atoms with E-state index in [9.17, 15) is 9.59 Å². The van der Waals surface area contributed by atoms with E-state index >= 15 is 0 Å². The monoisotopic (exact) mass is 311 g/mol. The van der Waals surface area contributed by atoms with Gasteiger partial charge in [-0.25, -0.2) is 0 Å². The lowest BCUT2D eigenvalue weighted by atomic mass is 9.88. The van der Waals surface area contributed by atoms with Crippen molar-refractivity contribution in [2.75, 3.05) is 20.2 Å². The van der Waals surface area contributed by atoms with Crippen LogP contribution >= 0.6 is 0 Å². The molecule has 0 saturated heterocycles. The van der Waals surface area contributed by atoms with Crippen molar-refractivity contribution in [3.05, 3.63) is 0 Å². The molecule has 0 heterocycles. The lowest BCUT2D eigenvalue weighted by Crippen LogP contribution is -2.41. The number of unbranched alkanes of at least 4 members (excludes halogenated alkanes) is 3. The summed E-state index contributed by atoms with van der Waals surface area (Å²) in [7, 11) is 1.41. The lowest BCUT2D eigenvalue weighted by molar-refractivity contribution is -0.147. The maximum Gasteiger partial charge on any atom is 0.310 e. The maximum absolute atomic E-state index is 12.8.